The van der Waals surface area contributed by atoms with E-state index in [1.54, 1.807) is 6.07 Å². The van der Waals surface area contributed by atoms with Gasteiger partial charge in [-0.2, -0.15) is 0 Å². The van der Waals surface area contributed by atoms with Gasteiger partial charge in [-0.1, -0.05) is 43.5 Å². The number of carbonyl (C=O) groups excluding carboxylic acids is 3. The number of esters is 2. The van der Waals surface area contributed by atoms with Crippen molar-refractivity contribution >= 4 is 18.2 Å². The SMILES string of the molecule is O=Cc1ccc(C(=O)OCCCc2cccc(C3(C(=O)O[C@H]4CN5CCC4CC5)CCCCC3)c2)cn1. The molecule has 0 N–H and O–H groups in total. The number of ether oxygens (including phenoxy) is 2. The van der Waals surface area contributed by atoms with E-state index in [0.29, 0.717) is 24.2 Å². The van der Waals surface area contributed by atoms with Gasteiger partial charge in [0, 0.05) is 12.7 Å². The van der Waals surface area contributed by atoms with Gasteiger partial charge in [-0.15, -0.1) is 0 Å². The van der Waals surface area contributed by atoms with Gasteiger partial charge in [-0.3, -0.25) is 19.5 Å². The molecular formula is C30H36N2O5. The van der Waals surface area contributed by atoms with Crippen LogP contribution in [0.15, 0.2) is 42.6 Å². The van der Waals surface area contributed by atoms with Crippen LogP contribution < -0.4 is 0 Å². The van der Waals surface area contributed by atoms with Crippen molar-refractivity contribution in [3.63, 3.8) is 0 Å². The first-order valence-corrected chi connectivity index (χ1v) is 13.7. The second-order valence-electron chi connectivity index (χ2n) is 10.8. The molecule has 1 aliphatic carbocycles. The molecule has 1 aromatic heterocycles. The van der Waals surface area contributed by atoms with Gasteiger partial charge in [-0.05, 0) is 80.8 Å². The third-order valence-electron chi connectivity index (χ3n) is 8.42. The third kappa shape index (κ3) is 5.77. The molecule has 2 bridgehead atoms. The Balaban J connectivity index is 1.20. The Kier molecular flexibility index (Phi) is 7.99. The average Bonchev–Trinajstić information content (AvgIpc) is 2.96. The first-order chi connectivity index (χ1) is 18.1. The van der Waals surface area contributed by atoms with Crippen molar-refractivity contribution in [2.75, 3.05) is 26.2 Å². The minimum Gasteiger partial charge on any atom is -0.462 e. The number of fused-ring (bicyclic) bond motifs is 3. The van der Waals surface area contributed by atoms with E-state index in [0.717, 1.165) is 82.1 Å². The van der Waals surface area contributed by atoms with Gasteiger partial charge in [0.25, 0.3) is 0 Å². The highest BCUT2D eigenvalue weighted by atomic mass is 16.5. The summed E-state index contributed by atoms with van der Waals surface area (Å²) in [7, 11) is 0. The second-order valence-corrected chi connectivity index (χ2v) is 10.8. The Morgan fingerprint density at radius 1 is 1.08 bits per heavy atom. The summed E-state index contributed by atoms with van der Waals surface area (Å²) in [5.41, 5.74) is 2.24. The molecule has 7 nitrogen and oxygen atoms in total. The third-order valence-corrected chi connectivity index (χ3v) is 8.42. The van der Waals surface area contributed by atoms with Gasteiger partial charge in [0.05, 0.1) is 17.6 Å². The van der Waals surface area contributed by atoms with Gasteiger partial charge in [0.15, 0.2) is 6.29 Å². The fourth-order valence-electron chi connectivity index (χ4n) is 6.21. The molecule has 2 aromatic rings. The lowest BCUT2D eigenvalue weighted by atomic mass is 9.69. The average molecular weight is 505 g/mol. The van der Waals surface area contributed by atoms with Crippen LogP contribution in [-0.4, -0.2) is 60.5 Å². The van der Waals surface area contributed by atoms with E-state index in [1.807, 2.05) is 6.07 Å². The highest BCUT2D eigenvalue weighted by Gasteiger charge is 2.45. The summed E-state index contributed by atoms with van der Waals surface area (Å²) >= 11 is 0. The predicted octanol–water partition coefficient (Wildman–Crippen LogP) is 4.52. The van der Waals surface area contributed by atoms with Gasteiger partial charge in [-0.25, -0.2) is 4.79 Å². The van der Waals surface area contributed by atoms with Crippen LogP contribution in [0.25, 0.3) is 0 Å². The molecular weight excluding hydrogens is 468 g/mol. The summed E-state index contributed by atoms with van der Waals surface area (Å²) in [5, 5.41) is 0. The van der Waals surface area contributed by atoms with Crippen LogP contribution in [0.3, 0.4) is 0 Å². The Morgan fingerprint density at radius 3 is 2.57 bits per heavy atom. The standard InChI is InChI=1S/C30H36N2O5/c33-21-26-10-9-24(19-31-26)28(34)36-17-5-7-22-6-4-8-25(18-22)30(13-2-1-3-14-30)29(35)37-27-20-32-15-11-23(27)12-16-32/h4,6,8-10,18-19,21,23,27H,1-3,5,7,11-17,20H2/t27-/m0/s1. The highest BCUT2D eigenvalue weighted by molar-refractivity contribution is 5.89. The number of aryl methyl sites for hydroxylation is 1. The molecule has 0 radical (unpaired) electrons. The Hall–Kier alpha value is -3.06. The number of nitrogens with zero attached hydrogens (tertiary/aromatic N) is 2. The van der Waals surface area contributed by atoms with Crippen LogP contribution in [-0.2, 0) is 26.1 Å². The van der Waals surface area contributed by atoms with Gasteiger partial charge in [0.2, 0.25) is 0 Å². The topological polar surface area (TPSA) is 85.8 Å². The second kappa shape index (κ2) is 11.5. The molecule has 1 aromatic carbocycles. The lowest BCUT2D eigenvalue weighted by molar-refractivity contribution is -0.167. The Labute approximate surface area is 218 Å². The molecule has 3 saturated heterocycles. The maximum Gasteiger partial charge on any atom is 0.339 e. The molecule has 0 unspecified atom stereocenters. The molecule has 4 aliphatic rings. The van der Waals surface area contributed by atoms with Crippen molar-refractivity contribution in [1.82, 2.24) is 9.88 Å². The largest absolute Gasteiger partial charge is 0.462 e. The predicted molar refractivity (Wildman–Crippen MR) is 138 cm³/mol. The molecule has 1 saturated carbocycles. The molecule has 3 aliphatic heterocycles. The van der Waals surface area contributed by atoms with Crippen molar-refractivity contribution in [3.8, 4) is 0 Å². The number of piperidine rings is 3. The van der Waals surface area contributed by atoms with Crippen LogP contribution >= 0.6 is 0 Å². The summed E-state index contributed by atoms with van der Waals surface area (Å²) in [6.07, 6.45) is 10.6. The van der Waals surface area contributed by atoms with Crippen molar-refractivity contribution < 1.29 is 23.9 Å². The van der Waals surface area contributed by atoms with Crippen molar-refractivity contribution in [1.29, 1.82) is 0 Å². The molecule has 4 fully saturated rings. The fraction of sp³-hybridized carbons (Fsp3) is 0.533. The zero-order valence-corrected chi connectivity index (χ0v) is 21.4. The van der Waals surface area contributed by atoms with E-state index in [2.05, 4.69) is 28.1 Å². The van der Waals surface area contributed by atoms with E-state index in [-0.39, 0.29) is 24.4 Å². The Morgan fingerprint density at radius 2 is 1.89 bits per heavy atom. The lowest BCUT2D eigenvalue weighted by Crippen LogP contribution is -2.53. The number of aromatic nitrogens is 1. The fourth-order valence-corrected chi connectivity index (χ4v) is 6.21. The smallest absolute Gasteiger partial charge is 0.339 e. The minimum absolute atomic E-state index is 0.0245. The van der Waals surface area contributed by atoms with Crippen molar-refractivity contribution in [2.45, 2.75) is 69.3 Å². The number of hydrogen-bond acceptors (Lipinski definition) is 7. The Bertz CT molecular complexity index is 1100. The number of rotatable bonds is 9. The summed E-state index contributed by atoms with van der Waals surface area (Å²) < 4.78 is 11.7. The first kappa shape index (κ1) is 25.6. The minimum atomic E-state index is -0.562. The zero-order chi connectivity index (χ0) is 25.7. The monoisotopic (exact) mass is 504 g/mol. The normalized spacial score (nSPS) is 24.3. The quantitative estimate of drug-likeness (QED) is 0.282. The summed E-state index contributed by atoms with van der Waals surface area (Å²) in [4.78, 5) is 43.1. The number of benzene rings is 1. The van der Waals surface area contributed by atoms with Crippen LogP contribution in [0.2, 0.25) is 0 Å². The van der Waals surface area contributed by atoms with E-state index in [4.69, 9.17) is 9.47 Å². The maximum atomic E-state index is 13.8. The van der Waals surface area contributed by atoms with Crippen LogP contribution in [0.1, 0.15) is 83.3 Å². The van der Waals surface area contributed by atoms with Crippen molar-refractivity contribution in [2.24, 2.45) is 5.92 Å². The van der Waals surface area contributed by atoms with Gasteiger partial charge in [0.1, 0.15) is 11.8 Å². The van der Waals surface area contributed by atoms with Crippen molar-refractivity contribution in [3.05, 3.63) is 65.0 Å². The molecule has 0 amide bonds. The summed E-state index contributed by atoms with van der Waals surface area (Å²) in [5.74, 6) is 0.0176. The molecule has 6 rings (SSSR count). The number of aldehydes is 1. The van der Waals surface area contributed by atoms with E-state index in [9.17, 15) is 14.4 Å². The van der Waals surface area contributed by atoms with E-state index in [1.165, 1.54) is 12.3 Å². The summed E-state index contributed by atoms with van der Waals surface area (Å²) in [6, 6.07) is 11.4. The van der Waals surface area contributed by atoms with Crippen LogP contribution in [0, 0.1) is 5.92 Å². The lowest BCUT2D eigenvalue weighted by Gasteiger charge is -2.45. The first-order valence-electron chi connectivity index (χ1n) is 13.7. The van der Waals surface area contributed by atoms with Crippen LogP contribution in [0.5, 0.6) is 0 Å². The van der Waals surface area contributed by atoms with E-state index >= 15 is 0 Å². The molecule has 37 heavy (non-hydrogen) atoms. The molecule has 0 spiro atoms. The molecule has 4 heterocycles. The zero-order valence-electron chi connectivity index (χ0n) is 21.4. The van der Waals surface area contributed by atoms with Crippen LogP contribution in [0.4, 0.5) is 0 Å². The van der Waals surface area contributed by atoms with E-state index < -0.39 is 11.4 Å². The highest BCUT2D eigenvalue weighted by Crippen LogP contribution is 2.42. The van der Waals surface area contributed by atoms with Gasteiger partial charge >= 0.3 is 11.9 Å². The van der Waals surface area contributed by atoms with Gasteiger partial charge < -0.3 is 9.47 Å². The molecule has 196 valence electrons. The summed E-state index contributed by atoms with van der Waals surface area (Å²) in [6.45, 7) is 3.42. The molecule has 7 heteroatoms. The maximum absolute atomic E-state index is 13.8. The number of hydrogen-bond donors (Lipinski definition) is 0. The number of pyridine rings is 1. The molecule has 1 atom stereocenters. The number of carbonyl (C=O) groups is 3.